The number of cyclic esters (lactones) is 2. The zero-order chi connectivity index (χ0) is 11.4. The summed E-state index contributed by atoms with van der Waals surface area (Å²) in [4.78, 5) is 23.1. The smallest absolute Gasteiger partial charge is 0.339 e. The van der Waals surface area contributed by atoms with E-state index >= 15 is 0 Å². The molecule has 0 saturated heterocycles. The minimum Gasteiger partial charge on any atom is -0.457 e. The van der Waals surface area contributed by atoms with E-state index in [1.165, 1.54) is 0 Å². The van der Waals surface area contributed by atoms with Crippen molar-refractivity contribution in [3.8, 4) is 0 Å². The minimum atomic E-state index is -0.294. The zero-order valence-corrected chi connectivity index (χ0v) is 9.05. The number of benzene rings is 1. The second-order valence-corrected chi connectivity index (χ2v) is 4.11. The number of carbonyl (C=O) groups is 2. The molecule has 0 spiro atoms. The van der Waals surface area contributed by atoms with Gasteiger partial charge in [-0.1, -0.05) is 0 Å². The summed E-state index contributed by atoms with van der Waals surface area (Å²) < 4.78 is 10.0. The van der Waals surface area contributed by atoms with Gasteiger partial charge in [-0.15, -0.1) is 0 Å². The second-order valence-electron chi connectivity index (χ2n) is 4.11. The van der Waals surface area contributed by atoms with E-state index in [1.54, 1.807) is 0 Å². The number of hydrogen-bond donors (Lipinski definition) is 0. The average Bonchev–Trinajstić information content (AvgIpc) is 2.80. The van der Waals surface area contributed by atoms with E-state index in [0.29, 0.717) is 11.1 Å². The van der Waals surface area contributed by atoms with Crippen molar-refractivity contribution in [2.75, 3.05) is 0 Å². The Kier molecular flexibility index (Phi) is 1.67. The first-order chi connectivity index (χ1) is 7.61. The van der Waals surface area contributed by atoms with Crippen molar-refractivity contribution in [2.24, 2.45) is 0 Å². The van der Waals surface area contributed by atoms with Crippen LogP contribution in [0, 0.1) is 13.8 Å². The zero-order valence-electron chi connectivity index (χ0n) is 9.05. The van der Waals surface area contributed by atoms with Crippen LogP contribution >= 0.6 is 0 Å². The molecule has 16 heavy (non-hydrogen) atoms. The predicted octanol–water partition coefficient (Wildman–Crippen LogP) is 1.64. The summed E-state index contributed by atoms with van der Waals surface area (Å²) in [5.41, 5.74) is 4.55. The highest BCUT2D eigenvalue weighted by Gasteiger charge is 2.34. The van der Waals surface area contributed by atoms with E-state index in [2.05, 4.69) is 0 Å². The third-order valence-corrected chi connectivity index (χ3v) is 3.36. The number of fused-ring (bicyclic) bond motifs is 2. The Morgan fingerprint density at radius 1 is 0.812 bits per heavy atom. The molecule has 2 heterocycles. The third kappa shape index (κ3) is 0.939. The second kappa shape index (κ2) is 2.84. The number of esters is 2. The fourth-order valence-corrected chi connectivity index (χ4v) is 2.46. The maximum absolute atomic E-state index is 11.6. The largest absolute Gasteiger partial charge is 0.457 e. The van der Waals surface area contributed by atoms with Crippen LogP contribution in [0.5, 0.6) is 0 Å². The van der Waals surface area contributed by atoms with Gasteiger partial charge in [0.25, 0.3) is 0 Å². The van der Waals surface area contributed by atoms with E-state index in [9.17, 15) is 9.59 Å². The molecule has 0 atom stereocenters. The van der Waals surface area contributed by atoms with Gasteiger partial charge in [0.15, 0.2) is 0 Å². The van der Waals surface area contributed by atoms with Crippen molar-refractivity contribution in [3.63, 3.8) is 0 Å². The van der Waals surface area contributed by atoms with Gasteiger partial charge in [0.05, 0.1) is 11.1 Å². The normalized spacial score (nSPS) is 16.9. The molecule has 0 radical (unpaired) electrons. The molecule has 0 saturated carbocycles. The highest BCUT2D eigenvalue weighted by Crippen LogP contribution is 2.35. The monoisotopic (exact) mass is 218 g/mol. The third-order valence-electron chi connectivity index (χ3n) is 3.36. The molecule has 2 aliphatic rings. The van der Waals surface area contributed by atoms with E-state index in [-0.39, 0.29) is 25.2 Å². The van der Waals surface area contributed by atoms with Crippen LogP contribution in [0.2, 0.25) is 0 Å². The Labute approximate surface area is 92.2 Å². The van der Waals surface area contributed by atoms with Crippen LogP contribution in [0.1, 0.15) is 43.0 Å². The Morgan fingerprint density at radius 3 is 1.56 bits per heavy atom. The lowest BCUT2D eigenvalue weighted by Gasteiger charge is -2.08. The molecule has 4 heteroatoms. The molecular formula is C12H10O4. The van der Waals surface area contributed by atoms with Gasteiger partial charge in [0.1, 0.15) is 13.2 Å². The lowest BCUT2D eigenvalue weighted by Crippen LogP contribution is -2.06. The summed E-state index contributed by atoms with van der Waals surface area (Å²) in [6, 6.07) is 0. The average molecular weight is 218 g/mol. The van der Waals surface area contributed by atoms with Crippen LogP contribution < -0.4 is 0 Å². The van der Waals surface area contributed by atoms with Gasteiger partial charge in [-0.05, 0) is 25.0 Å². The van der Waals surface area contributed by atoms with E-state index in [4.69, 9.17) is 9.47 Å². The summed E-state index contributed by atoms with van der Waals surface area (Å²) in [6.45, 7) is 4.21. The lowest BCUT2D eigenvalue weighted by molar-refractivity contribution is 0.0534. The summed E-state index contributed by atoms with van der Waals surface area (Å²) in [5, 5.41) is 0. The van der Waals surface area contributed by atoms with Gasteiger partial charge in [-0.2, -0.15) is 0 Å². The van der Waals surface area contributed by atoms with Crippen molar-refractivity contribution in [1.82, 2.24) is 0 Å². The van der Waals surface area contributed by atoms with Crippen LogP contribution in [0.25, 0.3) is 0 Å². The first kappa shape index (κ1) is 9.39. The topological polar surface area (TPSA) is 52.6 Å². The molecule has 82 valence electrons. The summed E-state index contributed by atoms with van der Waals surface area (Å²) >= 11 is 0. The van der Waals surface area contributed by atoms with Crippen molar-refractivity contribution < 1.29 is 19.1 Å². The van der Waals surface area contributed by atoms with Gasteiger partial charge >= 0.3 is 11.9 Å². The maximum Gasteiger partial charge on any atom is 0.339 e. The Morgan fingerprint density at radius 2 is 1.19 bits per heavy atom. The Hall–Kier alpha value is -1.84. The highest BCUT2D eigenvalue weighted by atomic mass is 16.5. The Balaban J connectivity index is 2.41. The lowest BCUT2D eigenvalue weighted by atomic mass is 9.90. The molecule has 0 bridgehead atoms. The van der Waals surface area contributed by atoms with Gasteiger partial charge in [0.2, 0.25) is 0 Å². The molecule has 1 aromatic carbocycles. The van der Waals surface area contributed by atoms with Gasteiger partial charge in [-0.25, -0.2) is 9.59 Å². The first-order valence-electron chi connectivity index (χ1n) is 5.10. The van der Waals surface area contributed by atoms with Crippen molar-refractivity contribution in [3.05, 3.63) is 33.4 Å². The first-order valence-corrected chi connectivity index (χ1v) is 5.10. The van der Waals surface area contributed by atoms with Crippen LogP contribution in [0.4, 0.5) is 0 Å². The van der Waals surface area contributed by atoms with Crippen molar-refractivity contribution in [2.45, 2.75) is 27.1 Å². The Bertz CT molecular complexity index is 493. The van der Waals surface area contributed by atoms with Crippen LogP contribution in [0.3, 0.4) is 0 Å². The number of rotatable bonds is 0. The fraction of sp³-hybridized carbons (Fsp3) is 0.333. The van der Waals surface area contributed by atoms with Crippen LogP contribution in [0.15, 0.2) is 0 Å². The van der Waals surface area contributed by atoms with Crippen LogP contribution in [-0.2, 0) is 22.7 Å². The van der Waals surface area contributed by atoms with Gasteiger partial charge in [-0.3, -0.25) is 0 Å². The van der Waals surface area contributed by atoms with Crippen molar-refractivity contribution in [1.29, 1.82) is 0 Å². The SMILES string of the molecule is Cc1c2c(c(C)c3c1C(=O)OC3)C(=O)OC2. The minimum absolute atomic E-state index is 0.265. The molecule has 0 amide bonds. The van der Waals surface area contributed by atoms with E-state index < -0.39 is 0 Å². The van der Waals surface area contributed by atoms with E-state index in [1.807, 2.05) is 13.8 Å². The fourth-order valence-electron chi connectivity index (χ4n) is 2.46. The van der Waals surface area contributed by atoms with Gasteiger partial charge in [0, 0.05) is 11.1 Å². The molecule has 1 aromatic rings. The predicted molar refractivity (Wildman–Crippen MR) is 54.2 cm³/mol. The quantitative estimate of drug-likeness (QED) is 0.621. The van der Waals surface area contributed by atoms with Crippen LogP contribution in [-0.4, -0.2) is 11.9 Å². The van der Waals surface area contributed by atoms with E-state index in [0.717, 1.165) is 22.3 Å². The maximum atomic E-state index is 11.6. The standard InChI is InChI=1S/C12H10O4/c1-5-7-3-15-12(14)10(7)6(2)8-4-16-11(13)9(5)8/h3-4H2,1-2H3. The molecular weight excluding hydrogens is 208 g/mol. The molecule has 3 rings (SSSR count). The molecule has 0 aliphatic carbocycles. The van der Waals surface area contributed by atoms with Crippen molar-refractivity contribution >= 4 is 11.9 Å². The number of ether oxygens (including phenoxy) is 2. The van der Waals surface area contributed by atoms with Gasteiger partial charge < -0.3 is 9.47 Å². The molecule has 0 aromatic heterocycles. The summed E-state index contributed by atoms with van der Waals surface area (Å²) in [6.07, 6.45) is 0. The number of hydrogen-bond acceptors (Lipinski definition) is 4. The molecule has 4 nitrogen and oxygen atoms in total. The molecule has 2 aliphatic heterocycles. The molecule has 0 fully saturated rings. The highest BCUT2D eigenvalue weighted by molar-refractivity contribution is 6.02. The summed E-state index contributed by atoms with van der Waals surface area (Å²) in [5.74, 6) is -0.588. The molecule has 0 unspecified atom stereocenters. The number of carbonyl (C=O) groups excluding carboxylic acids is 2. The molecule has 0 N–H and O–H groups in total. The summed E-state index contributed by atoms with van der Waals surface area (Å²) in [7, 11) is 0.